The van der Waals surface area contributed by atoms with Gasteiger partial charge >= 0.3 is 5.97 Å². The Morgan fingerprint density at radius 2 is 1.88 bits per heavy atom. The Morgan fingerprint density at radius 3 is 2.69 bits per heavy atom. The zero-order valence-electron chi connectivity index (χ0n) is 17.6. The quantitative estimate of drug-likeness (QED) is 0.426. The average molecular weight is 437 g/mol. The highest BCUT2D eigenvalue weighted by Gasteiger charge is 2.19. The number of anilines is 1. The molecule has 1 amide bonds. The largest absolute Gasteiger partial charge is 0.454 e. The normalized spacial score (nSPS) is 12.0. The number of ether oxygens (including phenoxy) is 3. The van der Waals surface area contributed by atoms with E-state index in [0.717, 1.165) is 19.3 Å². The summed E-state index contributed by atoms with van der Waals surface area (Å²) in [6.07, 6.45) is 2.71. The number of hydrogen-bond donors (Lipinski definition) is 1. The molecule has 2 heterocycles. The molecule has 32 heavy (non-hydrogen) atoms. The van der Waals surface area contributed by atoms with Crippen molar-refractivity contribution in [2.24, 2.45) is 0 Å². The minimum Gasteiger partial charge on any atom is -0.454 e. The van der Waals surface area contributed by atoms with E-state index in [0.29, 0.717) is 34.5 Å². The summed E-state index contributed by atoms with van der Waals surface area (Å²) in [4.78, 5) is 37.7. The summed E-state index contributed by atoms with van der Waals surface area (Å²) in [7, 11) is 0. The second-order valence-electron chi connectivity index (χ2n) is 7.32. The lowest BCUT2D eigenvalue weighted by atomic mass is 10.1. The molecule has 0 spiro atoms. The second kappa shape index (κ2) is 9.51. The third kappa shape index (κ3) is 4.56. The standard InChI is InChI=1S/C23H23N3O6/c1-2-3-6-11-26-22(28)17-8-5-4-7-16(17)21(25-26)23(29)30-13-20(27)24-15-9-10-18-19(12-15)32-14-31-18/h4-5,7-10,12H,2-3,6,11,13-14H2,1H3,(H,24,27). The van der Waals surface area contributed by atoms with E-state index < -0.39 is 18.5 Å². The molecule has 0 radical (unpaired) electrons. The summed E-state index contributed by atoms with van der Waals surface area (Å²) in [6, 6.07) is 11.7. The molecule has 0 aliphatic carbocycles. The predicted octanol–water partition coefficient (Wildman–Crippen LogP) is 3.11. The molecular formula is C23H23N3O6. The molecule has 0 bridgehead atoms. The minimum absolute atomic E-state index is 0.00702. The van der Waals surface area contributed by atoms with Crippen molar-refractivity contribution in [2.45, 2.75) is 32.7 Å². The smallest absolute Gasteiger partial charge is 0.359 e. The van der Waals surface area contributed by atoms with Gasteiger partial charge in [-0.3, -0.25) is 9.59 Å². The maximum absolute atomic E-state index is 12.7. The van der Waals surface area contributed by atoms with Gasteiger partial charge in [0.25, 0.3) is 11.5 Å². The van der Waals surface area contributed by atoms with E-state index in [-0.39, 0.29) is 18.0 Å². The van der Waals surface area contributed by atoms with Crippen molar-refractivity contribution in [2.75, 3.05) is 18.7 Å². The Balaban J connectivity index is 1.47. The minimum atomic E-state index is -0.772. The molecule has 9 nitrogen and oxygen atoms in total. The number of amides is 1. The molecule has 4 rings (SSSR count). The van der Waals surface area contributed by atoms with Crippen LogP contribution in [-0.2, 0) is 16.1 Å². The van der Waals surface area contributed by atoms with Crippen molar-refractivity contribution in [1.29, 1.82) is 0 Å². The Morgan fingerprint density at radius 1 is 1.09 bits per heavy atom. The van der Waals surface area contributed by atoms with Gasteiger partial charge in [-0.1, -0.05) is 38.0 Å². The first-order valence-corrected chi connectivity index (χ1v) is 10.4. The monoisotopic (exact) mass is 437 g/mol. The van der Waals surface area contributed by atoms with Crippen molar-refractivity contribution in [1.82, 2.24) is 9.78 Å². The highest BCUT2D eigenvalue weighted by atomic mass is 16.7. The number of fused-ring (bicyclic) bond motifs is 2. The van der Waals surface area contributed by atoms with Crippen LogP contribution in [0.4, 0.5) is 5.69 Å². The van der Waals surface area contributed by atoms with E-state index in [1.807, 2.05) is 0 Å². The van der Waals surface area contributed by atoms with E-state index >= 15 is 0 Å². The zero-order chi connectivity index (χ0) is 22.5. The first kappa shape index (κ1) is 21.4. The number of nitrogens with one attached hydrogen (secondary N) is 1. The molecule has 166 valence electrons. The number of unbranched alkanes of at least 4 members (excludes halogenated alkanes) is 2. The number of carbonyl (C=O) groups is 2. The van der Waals surface area contributed by atoms with Crippen LogP contribution in [0.3, 0.4) is 0 Å². The summed E-state index contributed by atoms with van der Waals surface area (Å²) in [5, 5.41) is 7.66. The molecule has 0 saturated carbocycles. The Hall–Kier alpha value is -3.88. The molecule has 0 atom stereocenters. The molecule has 1 aromatic heterocycles. The van der Waals surface area contributed by atoms with Crippen molar-refractivity contribution < 1.29 is 23.8 Å². The summed E-state index contributed by atoms with van der Waals surface area (Å²) >= 11 is 0. The van der Waals surface area contributed by atoms with Crippen LogP contribution in [0.15, 0.2) is 47.3 Å². The van der Waals surface area contributed by atoms with Crippen LogP contribution in [0.25, 0.3) is 10.8 Å². The summed E-state index contributed by atoms with van der Waals surface area (Å²) in [5.74, 6) is -0.161. The molecule has 1 aliphatic rings. The van der Waals surface area contributed by atoms with Crippen LogP contribution >= 0.6 is 0 Å². The molecule has 3 aromatic rings. The zero-order valence-corrected chi connectivity index (χ0v) is 17.6. The van der Waals surface area contributed by atoms with E-state index in [4.69, 9.17) is 14.2 Å². The third-order valence-corrected chi connectivity index (χ3v) is 5.03. The summed E-state index contributed by atoms with van der Waals surface area (Å²) in [5.41, 5.74) is 0.240. The van der Waals surface area contributed by atoms with E-state index in [9.17, 15) is 14.4 Å². The van der Waals surface area contributed by atoms with Crippen LogP contribution in [-0.4, -0.2) is 35.1 Å². The number of esters is 1. The molecule has 9 heteroatoms. The maximum atomic E-state index is 12.7. The average Bonchev–Trinajstić information content (AvgIpc) is 3.27. The number of aromatic nitrogens is 2. The molecule has 1 N–H and O–H groups in total. The van der Waals surface area contributed by atoms with Crippen molar-refractivity contribution in [3.05, 3.63) is 58.5 Å². The molecule has 0 unspecified atom stereocenters. The van der Waals surface area contributed by atoms with Gasteiger partial charge < -0.3 is 19.5 Å². The first-order valence-electron chi connectivity index (χ1n) is 10.4. The molecular weight excluding hydrogens is 414 g/mol. The lowest BCUT2D eigenvalue weighted by molar-refractivity contribution is -0.119. The lowest BCUT2D eigenvalue weighted by Gasteiger charge is -2.11. The van der Waals surface area contributed by atoms with Gasteiger partial charge in [0.05, 0.1) is 5.39 Å². The van der Waals surface area contributed by atoms with Gasteiger partial charge in [-0.25, -0.2) is 9.48 Å². The number of aryl methyl sites for hydroxylation is 1. The van der Waals surface area contributed by atoms with Gasteiger partial charge in [0.15, 0.2) is 23.8 Å². The summed E-state index contributed by atoms with van der Waals surface area (Å²) in [6.45, 7) is 2.10. The topological polar surface area (TPSA) is 109 Å². The highest BCUT2D eigenvalue weighted by molar-refractivity contribution is 6.03. The van der Waals surface area contributed by atoms with Crippen molar-refractivity contribution in [3.63, 3.8) is 0 Å². The number of hydrogen-bond acceptors (Lipinski definition) is 7. The van der Waals surface area contributed by atoms with Gasteiger partial charge in [-0.15, -0.1) is 0 Å². The number of benzene rings is 2. The second-order valence-corrected chi connectivity index (χ2v) is 7.32. The first-order chi connectivity index (χ1) is 15.6. The number of nitrogens with zero attached hydrogens (tertiary/aromatic N) is 2. The Kier molecular flexibility index (Phi) is 6.34. The van der Waals surface area contributed by atoms with E-state index in [2.05, 4.69) is 17.3 Å². The highest BCUT2D eigenvalue weighted by Crippen LogP contribution is 2.34. The fraction of sp³-hybridized carbons (Fsp3) is 0.304. The fourth-order valence-electron chi connectivity index (χ4n) is 3.42. The fourth-order valence-corrected chi connectivity index (χ4v) is 3.42. The van der Waals surface area contributed by atoms with Crippen LogP contribution in [0.2, 0.25) is 0 Å². The molecule has 2 aromatic carbocycles. The van der Waals surface area contributed by atoms with Crippen LogP contribution in [0.5, 0.6) is 11.5 Å². The van der Waals surface area contributed by atoms with Gasteiger partial charge in [0.1, 0.15) is 0 Å². The van der Waals surface area contributed by atoms with Gasteiger partial charge in [-0.2, -0.15) is 5.10 Å². The molecule has 0 saturated heterocycles. The molecule has 1 aliphatic heterocycles. The number of rotatable bonds is 8. The van der Waals surface area contributed by atoms with Crippen molar-refractivity contribution in [3.8, 4) is 11.5 Å². The SMILES string of the molecule is CCCCCn1nc(C(=O)OCC(=O)Nc2ccc3c(c2)OCO3)c2ccccc2c1=O. The van der Waals surface area contributed by atoms with E-state index in [1.165, 1.54) is 4.68 Å². The summed E-state index contributed by atoms with van der Waals surface area (Å²) < 4.78 is 17.0. The number of carbonyl (C=O) groups excluding carboxylic acids is 2. The van der Waals surface area contributed by atoms with Gasteiger partial charge in [0.2, 0.25) is 6.79 Å². The van der Waals surface area contributed by atoms with E-state index in [1.54, 1.807) is 42.5 Å². The van der Waals surface area contributed by atoms with Gasteiger partial charge in [-0.05, 0) is 24.6 Å². The lowest BCUT2D eigenvalue weighted by Crippen LogP contribution is -2.28. The predicted molar refractivity (Wildman–Crippen MR) is 117 cm³/mol. The van der Waals surface area contributed by atoms with Crippen LogP contribution in [0.1, 0.15) is 36.7 Å². The molecule has 0 fully saturated rings. The van der Waals surface area contributed by atoms with Crippen molar-refractivity contribution >= 4 is 28.3 Å². The van der Waals surface area contributed by atoms with Gasteiger partial charge in [0, 0.05) is 23.7 Å². The third-order valence-electron chi connectivity index (χ3n) is 5.03. The van der Waals surface area contributed by atoms with Crippen LogP contribution < -0.4 is 20.3 Å². The maximum Gasteiger partial charge on any atom is 0.359 e. The Bertz CT molecular complexity index is 1220. The Labute approximate surface area is 183 Å². The van der Waals surface area contributed by atoms with Crippen LogP contribution in [0, 0.1) is 0 Å².